The summed E-state index contributed by atoms with van der Waals surface area (Å²) in [6.45, 7) is 6.30. The fraction of sp³-hybridized carbons (Fsp3) is 0.532. The van der Waals surface area contributed by atoms with Gasteiger partial charge in [0.1, 0.15) is 5.60 Å². The first kappa shape index (κ1) is 37.4. The number of imide groups is 2. The molecule has 3 aromatic rings. The highest BCUT2D eigenvalue weighted by Gasteiger charge is 2.72. The van der Waals surface area contributed by atoms with Gasteiger partial charge in [-0.25, -0.2) is 0 Å². The van der Waals surface area contributed by atoms with E-state index in [1.54, 1.807) is 48.5 Å². The zero-order valence-electron chi connectivity index (χ0n) is 32.7. The predicted octanol–water partition coefficient (Wildman–Crippen LogP) is 7.81. The minimum Gasteiger partial charge on any atom is -0.389 e. The fourth-order valence-electron chi connectivity index (χ4n) is 12.6. The van der Waals surface area contributed by atoms with Gasteiger partial charge in [0.15, 0.2) is 0 Å². The van der Waals surface area contributed by atoms with Crippen LogP contribution in [0.1, 0.15) is 131 Å². The maximum Gasteiger partial charge on any atom is 0.261 e. The minimum absolute atomic E-state index is 0.116. The summed E-state index contributed by atoms with van der Waals surface area (Å²) in [5, 5.41) is 13.2. The lowest BCUT2D eigenvalue weighted by molar-refractivity contribution is -0.249. The third kappa shape index (κ3) is 5.51. The molecule has 4 fully saturated rings. The van der Waals surface area contributed by atoms with Crippen LogP contribution in [-0.4, -0.2) is 76.5 Å². The molecule has 8 atom stereocenters. The Bertz CT molecular complexity index is 1980. The molecule has 4 aliphatic carbocycles. The van der Waals surface area contributed by atoms with Gasteiger partial charge in [-0.2, -0.15) is 0 Å². The third-order valence-electron chi connectivity index (χ3n) is 15.7. The Balaban J connectivity index is 0.846. The average molecular weight is 759 g/mol. The molecule has 0 saturated heterocycles. The number of amides is 4. The van der Waals surface area contributed by atoms with Crippen LogP contribution in [0.4, 0.5) is 0 Å². The summed E-state index contributed by atoms with van der Waals surface area (Å²) < 4.78 is 13.5. The zero-order chi connectivity index (χ0) is 38.9. The average Bonchev–Trinajstić information content (AvgIpc) is 3.72. The summed E-state index contributed by atoms with van der Waals surface area (Å²) in [5.41, 5.74) is 1.02. The molecule has 0 radical (unpaired) electrons. The predicted molar refractivity (Wildman–Crippen MR) is 210 cm³/mol. The van der Waals surface area contributed by atoms with E-state index in [2.05, 4.69) is 38.1 Å². The van der Waals surface area contributed by atoms with Crippen molar-refractivity contribution in [2.24, 2.45) is 28.6 Å². The topological polar surface area (TPSA) is 113 Å². The van der Waals surface area contributed by atoms with E-state index in [-0.39, 0.29) is 41.1 Å². The second-order valence-corrected chi connectivity index (χ2v) is 17.9. The highest BCUT2D eigenvalue weighted by Crippen LogP contribution is 2.72. The van der Waals surface area contributed by atoms with Crippen LogP contribution in [0, 0.1) is 28.6 Å². The maximum atomic E-state index is 13.2. The molecule has 9 heteroatoms. The van der Waals surface area contributed by atoms with Gasteiger partial charge >= 0.3 is 0 Å². The molecule has 0 unspecified atom stereocenters. The van der Waals surface area contributed by atoms with Gasteiger partial charge in [-0.3, -0.25) is 29.0 Å². The number of carbonyl (C=O) groups excluding carboxylic acids is 4. The highest BCUT2D eigenvalue weighted by atomic mass is 16.5. The van der Waals surface area contributed by atoms with Crippen LogP contribution in [0.5, 0.6) is 0 Å². The Labute approximate surface area is 329 Å². The number of nitrogens with zero attached hydrogens (tertiary/aromatic N) is 2. The van der Waals surface area contributed by atoms with Gasteiger partial charge in [0.05, 0.1) is 34.0 Å². The van der Waals surface area contributed by atoms with E-state index >= 15 is 0 Å². The summed E-state index contributed by atoms with van der Waals surface area (Å²) in [5.74, 6) is 0.194. The summed E-state index contributed by atoms with van der Waals surface area (Å²) in [7, 11) is 0. The van der Waals surface area contributed by atoms with Crippen molar-refractivity contribution in [3.05, 3.63) is 107 Å². The monoisotopic (exact) mass is 758 g/mol. The lowest BCUT2D eigenvalue weighted by atomic mass is 9.42. The van der Waals surface area contributed by atoms with Crippen LogP contribution in [0.15, 0.2) is 78.9 Å². The van der Waals surface area contributed by atoms with Crippen LogP contribution in [0.25, 0.3) is 0 Å². The summed E-state index contributed by atoms with van der Waals surface area (Å²) >= 11 is 0. The normalized spacial score (nSPS) is 34.6. The quantitative estimate of drug-likeness (QED) is 0.157. The summed E-state index contributed by atoms with van der Waals surface area (Å²) in [6.07, 6.45) is 9.68. The molecule has 3 aromatic carbocycles. The maximum absolute atomic E-state index is 13.2. The molecule has 9 nitrogen and oxygen atoms in total. The number of ether oxygens (including phenoxy) is 2. The Morgan fingerprint density at radius 2 is 1.18 bits per heavy atom. The summed E-state index contributed by atoms with van der Waals surface area (Å²) in [6, 6.07) is 24.5. The van der Waals surface area contributed by atoms with Crippen molar-refractivity contribution in [3.8, 4) is 0 Å². The number of hydrogen-bond acceptors (Lipinski definition) is 7. The molecule has 4 amide bonds. The molecule has 1 N–H and O–H groups in total. The van der Waals surface area contributed by atoms with Gasteiger partial charge in [-0.15, -0.1) is 0 Å². The first-order valence-electron chi connectivity index (χ1n) is 21.0. The molecule has 56 heavy (non-hydrogen) atoms. The van der Waals surface area contributed by atoms with E-state index < -0.39 is 16.6 Å². The molecule has 6 aliphatic rings. The number of carbonyl (C=O) groups is 4. The van der Waals surface area contributed by atoms with E-state index in [0.717, 1.165) is 56.9 Å². The number of benzene rings is 3. The highest BCUT2D eigenvalue weighted by molar-refractivity contribution is 6.22. The van der Waals surface area contributed by atoms with E-state index in [1.165, 1.54) is 9.80 Å². The summed E-state index contributed by atoms with van der Waals surface area (Å²) in [4.78, 5) is 54.4. The van der Waals surface area contributed by atoms with Crippen LogP contribution >= 0.6 is 0 Å². The largest absolute Gasteiger partial charge is 0.389 e. The first-order chi connectivity index (χ1) is 27.0. The van der Waals surface area contributed by atoms with Crippen molar-refractivity contribution in [2.45, 2.75) is 102 Å². The molecule has 9 rings (SSSR count). The van der Waals surface area contributed by atoms with Crippen LogP contribution < -0.4 is 0 Å². The lowest BCUT2D eigenvalue weighted by Gasteiger charge is -2.65. The van der Waals surface area contributed by atoms with Gasteiger partial charge in [-0.1, -0.05) is 68.4 Å². The van der Waals surface area contributed by atoms with E-state index in [4.69, 9.17) is 9.47 Å². The standard InChI is InChI=1S/C47H54N2O7/c1-44-22-20-33(55-28-10-26-48-40(50)34-14-6-7-15-35(34)41(48)51)30-32(44)18-19-39-38(44)21-23-45(2)46(39,54)24-25-47(45,31-12-4-3-5-13-31)56-29-11-27-49-42(52)36-16-8-9-17-37(36)43(49)53/h3-9,12-17,32-33,38-39,54H,10-11,18-30H2,1-2H3/t32-,33+,38+,39-,44+,45+,46+,47+/m1/s1. The Morgan fingerprint density at radius 3 is 1.77 bits per heavy atom. The number of fused-ring (bicyclic) bond motifs is 7. The zero-order valence-corrected chi connectivity index (χ0v) is 32.7. The van der Waals surface area contributed by atoms with Crippen molar-refractivity contribution < 1.29 is 33.8 Å². The SMILES string of the molecule is C[C@]12CC[C@H](OCCCN3C(=O)c4ccccc4C3=O)C[C@H]1CC[C@@H]1[C@@H]2CC[C@]2(C)[C@@](OCCCN3C(=O)c4ccccc4C3=O)(c3ccccc3)CC[C@]12O. The second-order valence-electron chi connectivity index (χ2n) is 17.9. The van der Waals surface area contributed by atoms with Crippen LogP contribution in [0.3, 0.4) is 0 Å². The Morgan fingerprint density at radius 1 is 0.625 bits per heavy atom. The van der Waals surface area contributed by atoms with E-state index in [9.17, 15) is 24.3 Å². The van der Waals surface area contributed by atoms with Crippen molar-refractivity contribution >= 4 is 23.6 Å². The molecule has 294 valence electrons. The van der Waals surface area contributed by atoms with Gasteiger partial charge in [0.25, 0.3) is 23.6 Å². The molecule has 4 saturated carbocycles. The molecule has 2 aliphatic heterocycles. The molecular formula is C47H54N2O7. The van der Waals surface area contributed by atoms with Crippen molar-refractivity contribution in [2.75, 3.05) is 26.3 Å². The number of rotatable bonds is 11. The lowest BCUT2D eigenvalue weighted by Crippen LogP contribution is -2.65. The van der Waals surface area contributed by atoms with Gasteiger partial charge in [0.2, 0.25) is 0 Å². The van der Waals surface area contributed by atoms with Crippen molar-refractivity contribution in [1.29, 1.82) is 0 Å². The van der Waals surface area contributed by atoms with Crippen molar-refractivity contribution in [3.63, 3.8) is 0 Å². The van der Waals surface area contributed by atoms with Crippen LogP contribution in [-0.2, 0) is 15.1 Å². The number of hydrogen-bond donors (Lipinski definition) is 1. The van der Waals surface area contributed by atoms with Gasteiger partial charge < -0.3 is 14.6 Å². The smallest absolute Gasteiger partial charge is 0.261 e. The second kappa shape index (κ2) is 14.0. The molecule has 0 bridgehead atoms. The molecule has 0 spiro atoms. The molecular weight excluding hydrogens is 705 g/mol. The minimum atomic E-state index is -0.889. The van der Waals surface area contributed by atoms with Gasteiger partial charge in [0, 0.05) is 31.7 Å². The van der Waals surface area contributed by atoms with Gasteiger partial charge in [-0.05, 0) is 124 Å². The van der Waals surface area contributed by atoms with E-state index in [1.807, 2.05) is 6.07 Å². The Kier molecular flexibility index (Phi) is 9.37. The fourth-order valence-corrected chi connectivity index (χ4v) is 12.6. The first-order valence-corrected chi connectivity index (χ1v) is 21.0. The van der Waals surface area contributed by atoms with Crippen molar-refractivity contribution in [1.82, 2.24) is 9.80 Å². The Hall–Kier alpha value is -4.18. The third-order valence-corrected chi connectivity index (χ3v) is 15.7. The molecule has 0 aromatic heterocycles. The van der Waals surface area contributed by atoms with Crippen LogP contribution in [0.2, 0.25) is 0 Å². The number of aliphatic hydroxyl groups is 1. The van der Waals surface area contributed by atoms with E-state index in [0.29, 0.717) is 79.7 Å². The molecule has 2 heterocycles.